The van der Waals surface area contributed by atoms with Gasteiger partial charge in [0.2, 0.25) is 18.5 Å². The van der Waals surface area contributed by atoms with Crippen LogP contribution in [0.3, 0.4) is 0 Å². The lowest BCUT2D eigenvalue weighted by atomic mass is 10.0. The molecule has 0 saturated carbocycles. The van der Waals surface area contributed by atoms with Crippen LogP contribution in [0.1, 0.15) is 11.6 Å². The molecule has 39 heavy (non-hydrogen) atoms. The normalized spacial score (nSPS) is 17.0. The van der Waals surface area contributed by atoms with Crippen molar-refractivity contribution >= 4 is 34.1 Å². The Morgan fingerprint density at radius 3 is 2.26 bits per heavy atom. The van der Waals surface area contributed by atoms with Crippen LogP contribution in [0.2, 0.25) is 5.02 Å². The van der Waals surface area contributed by atoms with E-state index in [1.807, 2.05) is 6.07 Å². The Labute approximate surface area is 229 Å². The monoisotopic (exact) mass is 548 g/mol. The predicted octanol–water partition coefficient (Wildman–Crippen LogP) is 4.66. The molecule has 4 aromatic rings. The summed E-state index contributed by atoms with van der Waals surface area (Å²) in [6.45, 7) is 0.106. The van der Waals surface area contributed by atoms with Gasteiger partial charge in [-0.3, -0.25) is 14.2 Å². The van der Waals surface area contributed by atoms with Crippen molar-refractivity contribution in [2.24, 2.45) is 5.73 Å². The SMILES string of the molecule is COc1cc([N+]2(C(C(N)=O)c3ccc(-n4c(=O)ccc5c(Cl)cccc54)cc3)C=COC2)cc(OC)c1OC. The number of fused-ring (bicyclic) bond motifs is 1. The summed E-state index contributed by atoms with van der Waals surface area (Å²) < 4.78 is 23.7. The molecule has 0 aliphatic carbocycles. The van der Waals surface area contributed by atoms with Gasteiger partial charge in [0, 0.05) is 39.9 Å². The van der Waals surface area contributed by atoms with Crippen LogP contribution in [0, 0.1) is 0 Å². The summed E-state index contributed by atoms with van der Waals surface area (Å²) in [6, 6.07) is 18.4. The van der Waals surface area contributed by atoms with Crippen LogP contribution in [0.5, 0.6) is 17.2 Å². The molecule has 1 aliphatic heterocycles. The maximum atomic E-state index is 13.1. The zero-order valence-electron chi connectivity index (χ0n) is 21.6. The van der Waals surface area contributed by atoms with Gasteiger partial charge in [0.1, 0.15) is 18.1 Å². The van der Waals surface area contributed by atoms with Gasteiger partial charge in [-0.05, 0) is 30.3 Å². The van der Waals surface area contributed by atoms with Gasteiger partial charge in [-0.25, -0.2) is 4.48 Å². The molecule has 0 radical (unpaired) electrons. The number of primary amides is 1. The van der Waals surface area contributed by atoms with Crippen LogP contribution in [-0.4, -0.2) is 38.5 Å². The van der Waals surface area contributed by atoms with Crippen molar-refractivity contribution in [1.82, 2.24) is 9.05 Å². The molecule has 3 aromatic carbocycles. The fourth-order valence-corrected chi connectivity index (χ4v) is 5.33. The van der Waals surface area contributed by atoms with Gasteiger partial charge in [0.15, 0.2) is 11.5 Å². The highest BCUT2D eigenvalue weighted by Gasteiger charge is 2.46. The summed E-state index contributed by atoms with van der Waals surface area (Å²) in [5.74, 6) is 0.710. The Balaban J connectivity index is 1.64. The second-order valence-corrected chi connectivity index (χ2v) is 9.38. The molecule has 10 heteroatoms. The number of nitrogens with zero attached hydrogens (tertiary/aromatic N) is 2. The third kappa shape index (κ3) is 4.35. The first-order chi connectivity index (χ1) is 18.8. The average molecular weight is 549 g/mol. The number of carbonyl (C=O) groups excluding carboxylic acids is 1. The summed E-state index contributed by atoms with van der Waals surface area (Å²) in [5, 5.41) is 1.30. The third-order valence-electron chi connectivity index (χ3n) is 6.92. The first kappa shape index (κ1) is 26.1. The van der Waals surface area contributed by atoms with E-state index in [1.165, 1.54) is 33.7 Å². The van der Waals surface area contributed by atoms with Gasteiger partial charge in [0.25, 0.3) is 11.5 Å². The number of amides is 1. The molecular formula is C29H27ClN3O6+. The summed E-state index contributed by atoms with van der Waals surface area (Å²) in [4.78, 5) is 26.0. The van der Waals surface area contributed by atoms with Crippen molar-refractivity contribution in [3.05, 3.63) is 100 Å². The van der Waals surface area contributed by atoms with Crippen molar-refractivity contribution in [2.75, 3.05) is 28.1 Å². The number of ether oxygens (including phenoxy) is 4. The van der Waals surface area contributed by atoms with Gasteiger partial charge < -0.3 is 24.7 Å². The first-order valence-corrected chi connectivity index (χ1v) is 12.4. The summed E-state index contributed by atoms with van der Waals surface area (Å²) in [7, 11) is 4.56. The highest BCUT2D eigenvalue weighted by Crippen LogP contribution is 2.47. The topological polar surface area (TPSA) is 102 Å². The predicted molar refractivity (Wildman–Crippen MR) is 149 cm³/mol. The van der Waals surface area contributed by atoms with Crippen LogP contribution >= 0.6 is 11.6 Å². The maximum absolute atomic E-state index is 13.1. The number of pyridine rings is 1. The van der Waals surface area contributed by atoms with Crippen LogP contribution in [0.25, 0.3) is 16.6 Å². The molecular weight excluding hydrogens is 522 g/mol. The lowest BCUT2D eigenvalue weighted by Crippen LogP contribution is -2.51. The van der Waals surface area contributed by atoms with Crippen molar-refractivity contribution in [1.29, 1.82) is 0 Å². The molecule has 2 N–H and O–H groups in total. The number of hydrogen-bond donors (Lipinski definition) is 1. The van der Waals surface area contributed by atoms with Gasteiger partial charge in [-0.15, -0.1) is 0 Å². The lowest BCUT2D eigenvalue weighted by Gasteiger charge is -2.36. The maximum Gasteiger partial charge on any atom is 0.281 e. The molecule has 1 aliphatic rings. The van der Waals surface area contributed by atoms with E-state index >= 15 is 0 Å². The molecule has 1 aromatic heterocycles. The molecule has 0 bridgehead atoms. The largest absolute Gasteiger partial charge is 0.492 e. The molecule has 5 rings (SSSR count). The third-order valence-corrected chi connectivity index (χ3v) is 7.25. The first-order valence-electron chi connectivity index (χ1n) is 12.0. The number of nitrogens with two attached hydrogens (primary N) is 1. The molecule has 2 heterocycles. The second-order valence-electron chi connectivity index (χ2n) is 8.97. The highest BCUT2D eigenvalue weighted by atomic mass is 35.5. The Kier molecular flexibility index (Phi) is 6.94. The van der Waals surface area contributed by atoms with Crippen LogP contribution < -0.4 is 30.0 Å². The molecule has 0 fully saturated rings. The van der Waals surface area contributed by atoms with Gasteiger partial charge >= 0.3 is 0 Å². The highest BCUT2D eigenvalue weighted by molar-refractivity contribution is 6.35. The minimum atomic E-state index is -0.876. The number of quaternary nitrogens is 1. The summed E-state index contributed by atoms with van der Waals surface area (Å²) >= 11 is 6.37. The Hall–Kier alpha value is -4.47. The number of methoxy groups -OCH3 is 3. The number of carbonyl (C=O) groups is 1. The number of halogens is 1. The quantitative estimate of drug-likeness (QED) is 0.321. The van der Waals surface area contributed by atoms with Crippen molar-refractivity contribution < 1.29 is 23.7 Å². The number of rotatable bonds is 8. The molecule has 0 saturated heterocycles. The summed E-state index contributed by atoms with van der Waals surface area (Å²) in [5.41, 5.74) is 8.38. The van der Waals surface area contributed by atoms with E-state index in [1.54, 1.807) is 65.4 Å². The number of hydrogen-bond acceptors (Lipinski definition) is 6. The van der Waals surface area contributed by atoms with E-state index in [-0.39, 0.29) is 16.8 Å². The molecule has 200 valence electrons. The second kappa shape index (κ2) is 10.4. The zero-order valence-corrected chi connectivity index (χ0v) is 22.3. The average Bonchev–Trinajstić information content (AvgIpc) is 3.43. The molecule has 9 nitrogen and oxygen atoms in total. The lowest BCUT2D eigenvalue weighted by molar-refractivity contribution is -0.123. The van der Waals surface area contributed by atoms with Gasteiger partial charge in [-0.1, -0.05) is 29.8 Å². The van der Waals surface area contributed by atoms with Crippen LogP contribution in [-0.2, 0) is 9.53 Å². The number of benzene rings is 3. The van der Waals surface area contributed by atoms with E-state index in [0.29, 0.717) is 44.7 Å². The standard InChI is InChI=1S/C29H26ClN3O6/c1-36-24-15-20(16-25(37-2)28(24)38-3)33(13-14-39-17-33)27(29(31)35)18-7-9-19(10-8-18)32-23-6-4-5-22(30)21(23)11-12-26(32)34/h4-16,27H,17H2,1-3H3,(H-,31,35)/p+1. The Morgan fingerprint density at radius 2 is 1.69 bits per heavy atom. The van der Waals surface area contributed by atoms with Crippen LogP contribution in [0.4, 0.5) is 5.69 Å². The van der Waals surface area contributed by atoms with Gasteiger partial charge in [-0.2, -0.15) is 0 Å². The van der Waals surface area contributed by atoms with E-state index in [0.717, 1.165) is 5.39 Å². The van der Waals surface area contributed by atoms with E-state index in [4.69, 9.17) is 36.3 Å². The smallest absolute Gasteiger partial charge is 0.281 e. The van der Waals surface area contributed by atoms with Crippen LogP contribution in [0.15, 0.2) is 84.0 Å². The zero-order chi connectivity index (χ0) is 27.7. The molecule has 2 unspecified atom stereocenters. The van der Waals surface area contributed by atoms with E-state index in [2.05, 4.69) is 0 Å². The van der Waals surface area contributed by atoms with Crippen molar-refractivity contribution in [3.63, 3.8) is 0 Å². The Bertz CT molecular complexity index is 1620. The van der Waals surface area contributed by atoms with Crippen molar-refractivity contribution in [2.45, 2.75) is 6.04 Å². The van der Waals surface area contributed by atoms with E-state index < -0.39 is 11.9 Å². The minimum Gasteiger partial charge on any atom is -0.492 e. The molecule has 1 amide bonds. The van der Waals surface area contributed by atoms with Crippen molar-refractivity contribution in [3.8, 4) is 22.9 Å². The van der Waals surface area contributed by atoms with Gasteiger partial charge in [0.05, 0.1) is 26.8 Å². The number of aromatic nitrogens is 1. The Morgan fingerprint density at radius 1 is 1.00 bits per heavy atom. The van der Waals surface area contributed by atoms with E-state index in [9.17, 15) is 9.59 Å². The molecule has 2 atom stereocenters. The summed E-state index contributed by atoms with van der Waals surface area (Å²) in [6.07, 6.45) is 3.30. The fraction of sp³-hybridized carbons (Fsp3) is 0.172. The minimum absolute atomic E-state index is 0.0742. The molecule has 0 spiro atoms. The fourth-order valence-electron chi connectivity index (χ4n) is 5.10.